The molecule has 6 nitrogen and oxygen atoms in total. The summed E-state index contributed by atoms with van der Waals surface area (Å²) in [7, 11) is 2.08. The summed E-state index contributed by atoms with van der Waals surface area (Å²) in [5, 5.41) is 0. The Morgan fingerprint density at radius 3 is 2.23 bits per heavy atom. The van der Waals surface area contributed by atoms with Crippen LogP contribution in [-0.2, 0) is 17.9 Å². The summed E-state index contributed by atoms with van der Waals surface area (Å²) in [6, 6.07) is 31.7. The fraction of sp³-hybridized carbons (Fsp3) is 0.235. The third-order valence-corrected chi connectivity index (χ3v) is 7.89. The summed E-state index contributed by atoms with van der Waals surface area (Å²) in [6.45, 7) is 3.99. The molecule has 1 amide bonds. The van der Waals surface area contributed by atoms with Gasteiger partial charge in [-0.25, -0.2) is 4.98 Å². The average Bonchev–Trinajstić information content (AvgIpc) is 3.38. The van der Waals surface area contributed by atoms with Gasteiger partial charge in [-0.2, -0.15) is 13.2 Å². The Hall–Kier alpha value is -4.63. The molecule has 0 aliphatic carbocycles. The van der Waals surface area contributed by atoms with Gasteiger partial charge in [0, 0.05) is 49.7 Å². The Bertz CT molecular complexity index is 1710. The van der Waals surface area contributed by atoms with Crippen LogP contribution in [0.2, 0.25) is 0 Å². The highest BCUT2D eigenvalue weighted by molar-refractivity contribution is 5.97. The number of benzene rings is 4. The standard InChI is InChI=1S/C34H32F3N5O/c1-39-18-20-40(21-19-39)28-16-14-26(15-17-28)23-41(33(43)34(35,36)37)29-11-7-10-27(22-29)32-38-30-12-5-6-13-31(30)42(32)24-25-8-3-2-4-9-25/h2-17,22H,18-21,23-24H2,1H3. The number of amides is 1. The van der Waals surface area contributed by atoms with Crippen molar-refractivity contribution in [3.63, 3.8) is 0 Å². The predicted octanol–water partition coefficient (Wildman–Crippen LogP) is 6.60. The third-order valence-electron chi connectivity index (χ3n) is 7.89. The van der Waals surface area contributed by atoms with E-state index in [9.17, 15) is 18.0 Å². The van der Waals surface area contributed by atoms with E-state index in [-0.39, 0.29) is 12.2 Å². The second-order valence-electron chi connectivity index (χ2n) is 10.9. The van der Waals surface area contributed by atoms with E-state index in [1.807, 2.05) is 72.8 Å². The van der Waals surface area contributed by atoms with Gasteiger partial charge in [0.2, 0.25) is 0 Å². The van der Waals surface area contributed by atoms with E-state index in [1.54, 1.807) is 24.3 Å². The number of piperazine rings is 1. The zero-order chi connectivity index (χ0) is 30.0. The van der Waals surface area contributed by atoms with E-state index in [4.69, 9.17) is 4.98 Å². The first-order valence-corrected chi connectivity index (χ1v) is 14.3. The van der Waals surface area contributed by atoms with Crippen LogP contribution in [0.5, 0.6) is 0 Å². The maximum atomic E-state index is 13.9. The molecule has 2 heterocycles. The molecular formula is C34H32F3N5O. The minimum absolute atomic E-state index is 0.154. The lowest BCUT2D eigenvalue weighted by atomic mass is 10.1. The monoisotopic (exact) mass is 583 g/mol. The Morgan fingerprint density at radius 2 is 1.51 bits per heavy atom. The maximum absolute atomic E-state index is 13.9. The number of para-hydroxylation sites is 2. The highest BCUT2D eigenvalue weighted by atomic mass is 19.4. The Labute approximate surface area is 248 Å². The van der Waals surface area contributed by atoms with Gasteiger partial charge in [-0.1, -0.05) is 66.7 Å². The van der Waals surface area contributed by atoms with E-state index < -0.39 is 12.1 Å². The minimum atomic E-state index is -5.03. The molecule has 4 aromatic carbocycles. The molecule has 1 aliphatic heterocycles. The smallest absolute Gasteiger partial charge is 0.369 e. The fourth-order valence-corrected chi connectivity index (χ4v) is 5.53. The lowest BCUT2D eigenvalue weighted by Crippen LogP contribution is -2.44. The molecule has 220 valence electrons. The lowest BCUT2D eigenvalue weighted by Gasteiger charge is -2.34. The number of fused-ring (bicyclic) bond motifs is 1. The number of hydrogen-bond acceptors (Lipinski definition) is 4. The van der Waals surface area contributed by atoms with Crippen molar-refractivity contribution < 1.29 is 18.0 Å². The number of imidazole rings is 1. The molecule has 5 aromatic rings. The second-order valence-corrected chi connectivity index (χ2v) is 10.9. The van der Waals surface area contributed by atoms with Crippen LogP contribution in [0, 0.1) is 0 Å². The Balaban J connectivity index is 1.34. The number of rotatable bonds is 7. The van der Waals surface area contributed by atoms with Gasteiger partial charge in [0.05, 0.1) is 17.6 Å². The molecule has 0 atom stereocenters. The summed E-state index contributed by atoms with van der Waals surface area (Å²) < 4.78 is 43.7. The lowest BCUT2D eigenvalue weighted by molar-refractivity contribution is -0.170. The largest absolute Gasteiger partial charge is 0.471 e. The van der Waals surface area contributed by atoms with E-state index in [0.717, 1.165) is 53.4 Å². The highest BCUT2D eigenvalue weighted by Crippen LogP contribution is 2.32. The topological polar surface area (TPSA) is 44.6 Å². The van der Waals surface area contributed by atoms with Gasteiger partial charge in [-0.3, -0.25) is 4.79 Å². The third kappa shape index (κ3) is 6.27. The summed E-state index contributed by atoms with van der Waals surface area (Å²) >= 11 is 0. The molecule has 1 aromatic heterocycles. The first-order chi connectivity index (χ1) is 20.8. The van der Waals surface area contributed by atoms with Crippen molar-refractivity contribution in [2.75, 3.05) is 43.0 Å². The zero-order valence-electron chi connectivity index (χ0n) is 23.8. The minimum Gasteiger partial charge on any atom is -0.369 e. The fourth-order valence-electron chi connectivity index (χ4n) is 5.53. The SMILES string of the molecule is CN1CCN(c2ccc(CN(C(=O)C(F)(F)F)c3cccc(-c4nc5ccccc5n4Cc4ccccc4)c3)cc2)CC1. The molecule has 0 spiro atoms. The molecule has 6 rings (SSSR count). The Morgan fingerprint density at radius 1 is 0.814 bits per heavy atom. The molecule has 0 bridgehead atoms. The van der Waals surface area contributed by atoms with Crippen molar-refractivity contribution in [2.45, 2.75) is 19.3 Å². The van der Waals surface area contributed by atoms with Crippen molar-refractivity contribution in [2.24, 2.45) is 0 Å². The first-order valence-electron chi connectivity index (χ1n) is 14.3. The molecular weight excluding hydrogens is 551 g/mol. The predicted molar refractivity (Wildman–Crippen MR) is 164 cm³/mol. The number of anilines is 2. The van der Waals surface area contributed by atoms with Crippen LogP contribution in [0.15, 0.2) is 103 Å². The van der Waals surface area contributed by atoms with Gasteiger partial charge < -0.3 is 19.3 Å². The first kappa shape index (κ1) is 28.5. The second kappa shape index (κ2) is 11.9. The number of carbonyl (C=O) groups is 1. The maximum Gasteiger partial charge on any atom is 0.471 e. The van der Waals surface area contributed by atoms with Crippen LogP contribution < -0.4 is 9.80 Å². The molecule has 43 heavy (non-hydrogen) atoms. The zero-order valence-corrected chi connectivity index (χ0v) is 23.8. The van der Waals surface area contributed by atoms with Crippen LogP contribution in [0.1, 0.15) is 11.1 Å². The van der Waals surface area contributed by atoms with Crippen LogP contribution in [0.4, 0.5) is 24.5 Å². The summed E-state index contributed by atoms with van der Waals surface area (Å²) in [6.07, 6.45) is -5.03. The van der Waals surface area contributed by atoms with E-state index >= 15 is 0 Å². The van der Waals surface area contributed by atoms with Crippen molar-refractivity contribution in [3.8, 4) is 11.4 Å². The van der Waals surface area contributed by atoms with Crippen LogP contribution in [0.25, 0.3) is 22.4 Å². The molecule has 0 N–H and O–H groups in total. The van der Waals surface area contributed by atoms with Crippen molar-refractivity contribution in [1.82, 2.24) is 14.5 Å². The van der Waals surface area contributed by atoms with Gasteiger partial charge in [0.25, 0.3) is 0 Å². The molecule has 0 unspecified atom stereocenters. The van der Waals surface area contributed by atoms with Gasteiger partial charge in [0.1, 0.15) is 5.82 Å². The number of alkyl halides is 3. The molecule has 1 saturated heterocycles. The van der Waals surface area contributed by atoms with Crippen LogP contribution >= 0.6 is 0 Å². The molecule has 1 aliphatic rings. The van der Waals surface area contributed by atoms with E-state index in [0.29, 0.717) is 23.5 Å². The van der Waals surface area contributed by atoms with Gasteiger partial charge in [0.15, 0.2) is 0 Å². The van der Waals surface area contributed by atoms with Crippen molar-refractivity contribution in [3.05, 3.63) is 114 Å². The van der Waals surface area contributed by atoms with Gasteiger partial charge in [-0.05, 0) is 54.6 Å². The molecule has 1 fully saturated rings. The van der Waals surface area contributed by atoms with Gasteiger partial charge >= 0.3 is 12.1 Å². The summed E-state index contributed by atoms with van der Waals surface area (Å²) in [5.74, 6) is -1.30. The summed E-state index contributed by atoms with van der Waals surface area (Å²) in [5.41, 5.74) is 5.16. The number of likely N-dealkylation sites (N-methyl/N-ethyl adjacent to an activating group) is 1. The number of halogens is 3. The number of aromatic nitrogens is 2. The number of carbonyl (C=O) groups excluding carboxylic acids is 1. The summed E-state index contributed by atoms with van der Waals surface area (Å²) in [4.78, 5) is 22.9. The molecule has 9 heteroatoms. The Kier molecular flexibility index (Phi) is 7.90. The number of hydrogen-bond donors (Lipinski definition) is 0. The van der Waals surface area contributed by atoms with E-state index in [1.165, 1.54) is 6.07 Å². The highest BCUT2D eigenvalue weighted by Gasteiger charge is 2.43. The van der Waals surface area contributed by atoms with Crippen molar-refractivity contribution in [1.29, 1.82) is 0 Å². The van der Waals surface area contributed by atoms with Crippen LogP contribution in [-0.4, -0.2) is 59.8 Å². The quantitative estimate of drug-likeness (QED) is 0.217. The van der Waals surface area contributed by atoms with Crippen LogP contribution in [0.3, 0.4) is 0 Å². The van der Waals surface area contributed by atoms with E-state index in [2.05, 4.69) is 21.4 Å². The average molecular weight is 584 g/mol. The molecule has 0 radical (unpaired) electrons. The van der Waals surface area contributed by atoms with Gasteiger partial charge in [-0.15, -0.1) is 0 Å². The van der Waals surface area contributed by atoms with Crippen molar-refractivity contribution >= 4 is 28.3 Å². The normalized spacial score (nSPS) is 14.3. The number of nitrogens with zero attached hydrogens (tertiary/aromatic N) is 5. The molecule has 0 saturated carbocycles.